The van der Waals surface area contributed by atoms with Crippen LogP contribution in [-0.4, -0.2) is 68.7 Å². The number of aromatic hydroxyl groups is 2. The minimum absolute atomic E-state index is 0.00436. The quantitative estimate of drug-likeness (QED) is 0.187. The van der Waals surface area contributed by atoms with Crippen LogP contribution in [0.4, 0.5) is 0 Å². The van der Waals surface area contributed by atoms with Gasteiger partial charge in [-0.15, -0.1) is 0 Å². The molecule has 1 fully saturated rings. The van der Waals surface area contributed by atoms with Gasteiger partial charge in [-0.25, -0.2) is 9.78 Å². The Hall–Kier alpha value is -3.23. The molecule has 0 spiro atoms. The summed E-state index contributed by atoms with van der Waals surface area (Å²) < 4.78 is 11.6. The van der Waals surface area contributed by atoms with Crippen LogP contribution in [-0.2, 0) is 30.5 Å². The minimum atomic E-state index is -1.53. The van der Waals surface area contributed by atoms with E-state index in [4.69, 9.17) is 25.7 Å². The smallest absolute Gasteiger partial charge is 0.198 e. The van der Waals surface area contributed by atoms with Crippen molar-refractivity contribution in [2.75, 3.05) is 6.61 Å². The molecule has 5 rings (SSSR count). The Balaban J connectivity index is 1.63. The normalized spacial score (nSPS) is 28.9. The van der Waals surface area contributed by atoms with Gasteiger partial charge in [-0.1, -0.05) is 24.3 Å². The molecular weight excluding hydrogens is 490 g/mol. The molecule has 3 aliphatic rings. The van der Waals surface area contributed by atoms with Crippen molar-refractivity contribution >= 4 is 17.3 Å². The number of ketones is 3. The number of hydrogen-bond acceptors (Lipinski definition) is 12. The van der Waals surface area contributed by atoms with Crippen LogP contribution in [0.3, 0.4) is 0 Å². The minimum Gasteiger partial charge on any atom is -0.507 e. The van der Waals surface area contributed by atoms with Gasteiger partial charge in [-0.3, -0.25) is 24.9 Å². The summed E-state index contributed by atoms with van der Waals surface area (Å²) in [5.41, 5.74) is 4.32. The highest BCUT2D eigenvalue weighted by molar-refractivity contribution is 6.30. The predicted octanol–water partition coefficient (Wildman–Crippen LogP) is 1.63. The van der Waals surface area contributed by atoms with Crippen molar-refractivity contribution in [1.29, 1.82) is 0 Å². The van der Waals surface area contributed by atoms with E-state index in [0.29, 0.717) is 0 Å². The van der Waals surface area contributed by atoms with E-state index in [1.807, 2.05) is 0 Å². The standard InChI is InChI=1S/C25H25NO11/c1-10(27)25(26)7-13-18(15(8-25)35-17-6-14(36-32)16(37-33)9-34-17)24(31)20-19(23(13)30)21(28)11-4-2-3-5-12(11)22(20)29/h2-5,14-17,30-33H,6-9,26H2,1H3/t14-,15-,16+,17-,25-/m0/s1. The largest absolute Gasteiger partial charge is 0.507 e. The van der Waals surface area contributed by atoms with Gasteiger partial charge in [-0.05, 0) is 6.92 Å². The van der Waals surface area contributed by atoms with Gasteiger partial charge < -0.3 is 25.4 Å². The van der Waals surface area contributed by atoms with Crippen molar-refractivity contribution in [3.63, 3.8) is 0 Å². The molecule has 37 heavy (non-hydrogen) atoms. The summed E-state index contributed by atoms with van der Waals surface area (Å²) in [6.45, 7) is 1.05. The third-order valence-electron chi connectivity index (χ3n) is 7.40. The zero-order valence-electron chi connectivity index (χ0n) is 19.7. The Bertz CT molecular complexity index is 1310. The van der Waals surface area contributed by atoms with Crippen LogP contribution in [0.5, 0.6) is 11.5 Å². The first-order valence-corrected chi connectivity index (χ1v) is 11.6. The molecule has 0 unspecified atom stereocenters. The first-order chi connectivity index (χ1) is 17.6. The molecule has 6 N–H and O–H groups in total. The predicted molar refractivity (Wildman–Crippen MR) is 122 cm³/mol. The Labute approximate surface area is 210 Å². The number of phenols is 2. The second-order valence-corrected chi connectivity index (χ2v) is 9.55. The van der Waals surface area contributed by atoms with Gasteiger partial charge in [0.2, 0.25) is 0 Å². The number of phenolic OH excluding ortho intramolecular Hbond substituents is 2. The third-order valence-corrected chi connectivity index (χ3v) is 7.40. The highest BCUT2D eigenvalue weighted by Crippen LogP contribution is 2.51. The van der Waals surface area contributed by atoms with Crippen LogP contribution < -0.4 is 5.73 Å². The lowest BCUT2D eigenvalue weighted by molar-refractivity contribution is -0.388. The molecule has 0 amide bonds. The molecule has 2 aliphatic carbocycles. The lowest BCUT2D eigenvalue weighted by Gasteiger charge is -2.41. The molecule has 1 saturated heterocycles. The first kappa shape index (κ1) is 25.4. The number of nitrogens with two attached hydrogens (primary N) is 1. The number of carbonyl (C=O) groups is 3. The molecule has 2 aromatic carbocycles. The highest BCUT2D eigenvalue weighted by Gasteiger charge is 2.48. The van der Waals surface area contributed by atoms with E-state index in [9.17, 15) is 24.6 Å². The monoisotopic (exact) mass is 515 g/mol. The number of fused-ring (bicyclic) bond motifs is 3. The molecule has 1 heterocycles. The van der Waals surface area contributed by atoms with Crippen molar-refractivity contribution in [3.8, 4) is 11.5 Å². The summed E-state index contributed by atoms with van der Waals surface area (Å²) in [5, 5.41) is 40.8. The second kappa shape index (κ2) is 9.26. The number of benzene rings is 2. The molecule has 0 aromatic heterocycles. The van der Waals surface area contributed by atoms with E-state index in [0.717, 1.165) is 0 Å². The topological polar surface area (TPSA) is 195 Å². The van der Waals surface area contributed by atoms with Crippen LogP contribution in [0.15, 0.2) is 24.3 Å². The van der Waals surface area contributed by atoms with Crippen molar-refractivity contribution in [2.24, 2.45) is 5.73 Å². The molecule has 12 heteroatoms. The van der Waals surface area contributed by atoms with Crippen molar-refractivity contribution in [1.82, 2.24) is 0 Å². The summed E-state index contributed by atoms with van der Waals surface area (Å²) in [6, 6.07) is 6.06. The fourth-order valence-electron chi connectivity index (χ4n) is 5.32. The summed E-state index contributed by atoms with van der Waals surface area (Å²) in [6.07, 6.45) is -4.75. The number of Topliss-reactive ketones (excluding diaryl/α,β-unsaturated/α-hetero) is 1. The number of rotatable bonds is 5. The van der Waals surface area contributed by atoms with E-state index < -0.39 is 59.0 Å². The van der Waals surface area contributed by atoms with Gasteiger partial charge in [0, 0.05) is 41.5 Å². The molecule has 1 aliphatic heterocycles. The maximum Gasteiger partial charge on any atom is 0.198 e. The van der Waals surface area contributed by atoms with Gasteiger partial charge in [-0.2, -0.15) is 0 Å². The summed E-state index contributed by atoms with van der Waals surface area (Å²) in [5.74, 6) is -2.85. The lowest BCUT2D eigenvalue weighted by atomic mass is 9.71. The van der Waals surface area contributed by atoms with E-state index in [-0.39, 0.29) is 59.3 Å². The van der Waals surface area contributed by atoms with Crippen LogP contribution in [0, 0.1) is 0 Å². The van der Waals surface area contributed by atoms with E-state index >= 15 is 0 Å². The van der Waals surface area contributed by atoms with E-state index in [1.165, 1.54) is 19.1 Å². The number of ether oxygens (including phenoxy) is 2. The van der Waals surface area contributed by atoms with Crippen LogP contribution >= 0.6 is 0 Å². The van der Waals surface area contributed by atoms with Crippen LogP contribution in [0.25, 0.3) is 0 Å². The van der Waals surface area contributed by atoms with Gasteiger partial charge in [0.15, 0.2) is 17.9 Å². The molecule has 196 valence electrons. The van der Waals surface area contributed by atoms with Gasteiger partial charge in [0.1, 0.15) is 29.5 Å². The maximum absolute atomic E-state index is 13.3. The second-order valence-electron chi connectivity index (χ2n) is 9.55. The zero-order chi connectivity index (χ0) is 26.6. The fraction of sp³-hybridized carbons (Fsp3) is 0.400. The Morgan fingerprint density at radius 3 is 2.19 bits per heavy atom. The molecular formula is C25H25NO11. The molecule has 0 radical (unpaired) electrons. The SMILES string of the molecule is CC(=O)[C@]1(N)Cc2c(O)c3c(c(O)c2[C@@H](O[C@H]2C[C@H](OO)[C@H](OO)CO2)C1)C(=O)c1ccccc1C3=O. The van der Waals surface area contributed by atoms with Gasteiger partial charge in [0.25, 0.3) is 0 Å². The lowest BCUT2D eigenvalue weighted by Crippen LogP contribution is -2.53. The van der Waals surface area contributed by atoms with Crippen molar-refractivity contribution in [3.05, 3.63) is 57.6 Å². The average Bonchev–Trinajstić information content (AvgIpc) is 2.88. The molecule has 0 bridgehead atoms. The molecule has 5 atom stereocenters. The number of carbonyl (C=O) groups excluding carboxylic acids is 3. The van der Waals surface area contributed by atoms with Gasteiger partial charge in [0.05, 0.1) is 29.4 Å². The average molecular weight is 515 g/mol. The summed E-state index contributed by atoms with van der Waals surface area (Å²) in [7, 11) is 0. The van der Waals surface area contributed by atoms with Crippen LogP contribution in [0.2, 0.25) is 0 Å². The molecule has 12 nitrogen and oxygen atoms in total. The summed E-state index contributed by atoms with van der Waals surface area (Å²) in [4.78, 5) is 47.7. The van der Waals surface area contributed by atoms with Crippen molar-refractivity contribution < 1.29 is 54.4 Å². The first-order valence-electron chi connectivity index (χ1n) is 11.6. The van der Waals surface area contributed by atoms with Crippen molar-refractivity contribution in [2.45, 2.75) is 56.3 Å². The maximum atomic E-state index is 13.3. The summed E-state index contributed by atoms with van der Waals surface area (Å²) >= 11 is 0. The Morgan fingerprint density at radius 1 is 1.03 bits per heavy atom. The highest BCUT2D eigenvalue weighted by atomic mass is 17.1. The number of hydrogen-bond donors (Lipinski definition) is 5. The third kappa shape index (κ3) is 3.94. The zero-order valence-corrected chi connectivity index (χ0v) is 19.7. The van der Waals surface area contributed by atoms with E-state index in [1.54, 1.807) is 12.1 Å². The Morgan fingerprint density at radius 2 is 1.62 bits per heavy atom. The van der Waals surface area contributed by atoms with Gasteiger partial charge >= 0.3 is 0 Å². The Kier molecular flexibility index (Phi) is 6.36. The van der Waals surface area contributed by atoms with Crippen LogP contribution in [0.1, 0.15) is 68.8 Å². The molecule has 0 saturated carbocycles. The fourth-order valence-corrected chi connectivity index (χ4v) is 5.32. The van der Waals surface area contributed by atoms with E-state index in [2.05, 4.69) is 9.78 Å². The molecule has 2 aromatic rings.